The van der Waals surface area contributed by atoms with Crippen LogP contribution in [0.3, 0.4) is 0 Å². The van der Waals surface area contributed by atoms with Crippen LogP contribution in [-0.2, 0) is 9.53 Å². The minimum absolute atomic E-state index is 0.103. The molecule has 1 aliphatic rings. The van der Waals surface area contributed by atoms with Gasteiger partial charge in [0, 0.05) is 15.6 Å². The standard InChI is InChI=1S/C25H16Cl3NO5/c1-13-3-5-15(11-18(13)27)23-29-20(25(31)34-23)9-14-4-8-21(22(10-14)32-2)33-24(30)17-7-6-16(26)12-19(17)28/h3-12H,1-2H3/b20-9-. The third kappa shape index (κ3) is 5.09. The number of halogens is 3. The van der Waals surface area contributed by atoms with Gasteiger partial charge in [0.2, 0.25) is 5.90 Å². The number of benzene rings is 3. The van der Waals surface area contributed by atoms with Gasteiger partial charge in [-0.15, -0.1) is 0 Å². The second-order valence-corrected chi connectivity index (χ2v) is 8.47. The fraction of sp³-hybridized carbons (Fsp3) is 0.0800. The third-order valence-electron chi connectivity index (χ3n) is 4.88. The van der Waals surface area contributed by atoms with E-state index in [1.54, 1.807) is 24.3 Å². The van der Waals surface area contributed by atoms with E-state index in [1.807, 2.05) is 13.0 Å². The molecule has 6 nitrogen and oxygen atoms in total. The van der Waals surface area contributed by atoms with E-state index in [1.165, 1.54) is 37.5 Å². The number of nitrogens with zero attached hydrogens (tertiary/aromatic N) is 1. The van der Waals surface area contributed by atoms with Crippen LogP contribution in [0.15, 0.2) is 65.3 Å². The fourth-order valence-electron chi connectivity index (χ4n) is 3.08. The highest BCUT2D eigenvalue weighted by Crippen LogP contribution is 2.32. The lowest BCUT2D eigenvalue weighted by atomic mass is 10.1. The molecule has 3 aromatic rings. The summed E-state index contributed by atoms with van der Waals surface area (Å²) in [6.45, 7) is 1.87. The van der Waals surface area contributed by atoms with Gasteiger partial charge in [-0.2, -0.15) is 0 Å². The normalized spacial score (nSPS) is 14.1. The Labute approximate surface area is 210 Å². The van der Waals surface area contributed by atoms with E-state index in [4.69, 9.17) is 49.0 Å². The number of rotatable bonds is 5. The Morgan fingerprint density at radius 3 is 2.47 bits per heavy atom. The summed E-state index contributed by atoms with van der Waals surface area (Å²) in [6.07, 6.45) is 1.54. The molecule has 0 bridgehead atoms. The Morgan fingerprint density at radius 1 is 0.971 bits per heavy atom. The van der Waals surface area contributed by atoms with Crippen molar-refractivity contribution in [2.45, 2.75) is 6.92 Å². The SMILES string of the molecule is COc1cc(/C=C2\N=C(c3ccc(C)c(Cl)c3)OC2=O)ccc1OC(=O)c1ccc(Cl)cc1Cl. The lowest BCUT2D eigenvalue weighted by molar-refractivity contribution is -0.129. The summed E-state index contributed by atoms with van der Waals surface area (Å²) < 4.78 is 16.1. The van der Waals surface area contributed by atoms with Crippen molar-refractivity contribution >= 4 is 58.7 Å². The maximum absolute atomic E-state index is 12.5. The topological polar surface area (TPSA) is 74.2 Å². The van der Waals surface area contributed by atoms with Gasteiger partial charge in [0.15, 0.2) is 17.2 Å². The molecule has 0 atom stereocenters. The van der Waals surface area contributed by atoms with Crippen molar-refractivity contribution in [2.24, 2.45) is 4.99 Å². The maximum Gasteiger partial charge on any atom is 0.363 e. The van der Waals surface area contributed by atoms with Crippen LogP contribution in [-0.4, -0.2) is 24.9 Å². The molecular weight excluding hydrogens is 501 g/mol. The maximum atomic E-state index is 12.5. The fourth-order valence-corrected chi connectivity index (χ4v) is 3.75. The monoisotopic (exact) mass is 515 g/mol. The van der Waals surface area contributed by atoms with E-state index < -0.39 is 11.9 Å². The number of methoxy groups -OCH3 is 1. The summed E-state index contributed by atoms with van der Waals surface area (Å²) in [5.74, 6) is -0.660. The van der Waals surface area contributed by atoms with E-state index in [0.29, 0.717) is 21.2 Å². The van der Waals surface area contributed by atoms with E-state index in [-0.39, 0.29) is 33.7 Å². The minimum Gasteiger partial charge on any atom is -0.493 e. The average molecular weight is 517 g/mol. The third-order valence-corrected chi connectivity index (χ3v) is 5.84. The summed E-state index contributed by atoms with van der Waals surface area (Å²) in [4.78, 5) is 29.1. The number of esters is 2. The van der Waals surface area contributed by atoms with Gasteiger partial charge in [0.05, 0.1) is 17.7 Å². The molecule has 0 fully saturated rings. The highest BCUT2D eigenvalue weighted by Gasteiger charge is 2.25. The molecule has 0 spiro atoms. The first-order valence-electron chi connectivity index (χ1n) is 9.89. The largest absolute Gasteiger partial charge is 0.493 e. The zero-order valence-electron chi connectivity index (χ0n) is 17.9. The van der Waals surface area contributed by atoms with Gasteiger partial charge in [-0.3, -0.25) is 0 Å². The Bertz CT molecular complexity index is 1380. The van der Waals surface area contributed by atoms with Crippen molar-refractivity contribution in [1.29, 1.82) is 0 Å². The summed E-state index contributed by atoms with van der Waals surface area (Å²) in [7, 11) is 1.43. The van der Waals surface area contributed by atoms with Crippen LogP contribution < -0.4 is 9.47 Å². The molecule has 9 heteroatoms. The van der Waals surface area contributed by atoms with E-state index in [0.717, 1.165) is 5.56 Å². The predicted octanol–water partition coefficient (Wildman–Crippen LogP) is 6.53. The van der Waals surface area contributed by atoms with E-state index in [2.05, 4.69) is 4.99 Å². The number of aliphatic imine (C=N–C) groups is 1. The van der Waals surface area contributed by atoms with Crippen molar-refractivity contribution in [3.63, 3.8) is 0 Å². The smallest absolute Gasteiger partial charge is 0.363 e. The number of hydrogen-bond acceptors (Lipinski definition) is 6. The summed E-state index contributed by atoms with van der Waals surface area (Å²) in [6, 6.07) is 14.5. The summed E-state index contributed by atoms with van der Waals surface area (Å²) in [5.41, 5.74) is 2.34. The Morgan fingerprint density at radius 2 is 1.76 bits per heavy atom. The van der Waals surface area contributed by atoms with Crippen molar-refractivity contribution in [3.05, 3.63) is 97.6 Å². The van der Waals surface area contributed by atoms with Crippen LogP contribution in [0.4, 0.5) is 0 Å². The zero-order valence-corrected chi connectivity index (χ0v) is 20.2. The van der Waals surface area contributed by atoms with Gasteiger partial charge in [0.1, 0.15) is 0 Å². The van der Waals surface area contributed by atoms with Crippen LogP contribution in [0.2, 0.25) is 15.1 Å². The molecule has 0 saturated heterocycles. The minimum atomic E-state index is -0.670. The number of carbonyl (C=O) groups excluding carboxylic acids is 2. The molecule has 4 rings (SSSR count). The van der Waals surface area contributed by atoms with Crippen LogP contribution in [0, 0.1) is 6.92 Å². The summed E-state index contributed by atoms with van der Waals surface area (Å²) >= 11 is 18.1. The molecule has 0 radical (unpaired) electrons. The molecule has 0 aromatic heterocycles. The van der Waals surface area contributed by atoms with E-state index >= 15 is 0 Å². The first-order chi connectivity index (χ1) is 16.2. The second kappa shape index (κ2) is 9.89. The lowest BCUT2D eigenvalue weighted by Gasteiger charge is -2.11. The number of carbonyl (C=O) groups is 2. The van der Waals surface area contributed by atoms with Crippen molar-refractivity contribution < 1.29 is 23.8 Å². The first-order valence-corrected chi connectivity index (χ1v) is 11.0. The van der Waals surface area contributed by atoms with Gasteiger partial charge in [0.25, 0.3) is 0 Å². The van der Waals surface area contributed by atoms with Gasteiger partial charge in [-0.1, -0.05) is 46.9 Å². The number of cyclic esters (lactones) is 1. The predicted molar refractivity (Wildman–Crippen MR) is 131 cm³/mol. The van der Waals surface area contributed by atoms with Crippen LogP contribution >= 0.6 is 34.8 Å². The van der Waals surface area contributed by atoms with Crippen LogP contribution in [0.5, 0.6) is 11.5 Å². The van der Waals surface area contributed by atoms with E-state index in [9.17, 15) is 9.59 Å². The second-order valence-electron chi connectivity index (χ2n) is 7.22. The molecule has 34 heavy (non-hydrogen) atoms. The molecule has 1 heterocycles. The highest BCUT2D eigenvalue weighted by molar-refractivity contribution is 6.36. The molecule has 0 unspecified atom stereocenters. The molecule has 0 saturated carbocycles. The van der Waals surface area contributed by atoms with Crippen molar-refractivity contribution in [2.75, 3.05) is 7.11 Å². The molecule has 0 amide bonds. The quantitative estimate of drug-likeness (QED) is 0.219. The van der Waals surface area contributed by atoms with Gasteiger partial charge in [-0.05, 0) is 66.6 Å². The van der Waals surface area contributed by atoms with Gasteiger partial charge < -0.3 is 14.2 Å². The molecule has 0 aliphatic carbocycles. The van der Waals surface area contributed by atoms with Gasteiger partial charge >= 0.3 is 11.9 Å². The number of ether oxygens (including phenoxy) is 3. The van der Waals surface area contributed by atoms with Gasteiger partial charge in [-0.25, -0.2) is 14.6 Å². The van der Waals surface area contributed by atoms with Crippen LogP contribution in [0.25, 0.3) is 6.08 Å². The molecule has 172 valence electrons. The number of aryl methyl sites for hydroxylation is 1. The Kier molecular flexibility index (Phi) is 6.93. The molecular formula is C25H16Cl3NO5. The van der Waals surface area contributed by atoms with Crippen molar-refractivity contribution in [3.8, 4) is 11.5 Å². The molecule has 3 aromatic carbocycles. The highest BCUT2D eigenvalue weighted by atomic mass is 35.5. The Balaban J connectivity index is 1.58. The first kappa shape index (κ1) is 23.8. The Hall–Kier alpha value is -3.32. The van der Waals surface area contributed by atoms with Crippen LogP contribution in [0.1, 0.15) is 27.0 Å². The zero-order chi connectivity index (χ0) is 24.4. The molecule has 1 aliphatic heterocycles. The summed E-state index contributed by atoms with van der Waals surface area (Å²) in [5, 5.41) is 1.11. The average Bonchev–Trinajstić information content (AvgIpc) is 3.16. The molecule has 0 N–H and O–H groups in total. The number of hydrogen-bond donors (Lipinski definition) is 0. The lowest BCUT2D eigenvalue weighted by Crippen LogP contribution is -2.10. The van der Waals surface area contributed by atoms with Crippen molar-refractivity contribution in [1.82, 2.24) is 0 Å².